The van der Waals surface area contributed by atoms with Crippen molar-refractivity contribution in [3.05, 3.63) is 65.7 Å². The quantitative estimate of drug-likeness (QED) is 0.464. The minimum atomic E-state index is -0.701. The van der Waals surface area contributed by atoms with Gasteiger partial charge < -0.3 is 24.8 Å². The maximum absolute atomic E-state index is 12.8. The van der Waals surface area contributed by atoms with E-state index >= 15 is 0 Å². The Morgan fingerprint density at radius 2 is 1.78 bits per heavy atom. The van der Waals surface area contributed by atoms with E-state index in [-0.39, 0.29) is 18.4 Å². The van der Waals surface area contributed by atoms with Crippen molar-refractivity contribution in [1.82, 2.24) is 15.5 Å². The Labute approximate surface area is 214 Å². The zero-order valence-electron chi connectivity index (χ0n) is 21.6. The van der Waals surface area contributed by atoms with Crippen LogP contribution in [-0.2, 0) is 27.4 Å². The summed E-state index contributed by atoms with van der Waals surface area (Å²) < 4.78 is 16.7. The number of benzene rings is 2. The van der Waals surface area contributed by atoms with Gasteiger partial charge in [-0.15, -0.1) is 0 Å². The standard InChI is InChI=1S/C28H39N3O5/c1-21(2)26(30-28(33)36-20-22-8-5-4-6-9-22)27(32)29-19-23-10-7-11-25(18-23)35-17-14-31(3)24-12-15-34-16-13-24/h4-11,18,21,24,26H,12-17,19-20H2,1-3H3,(H,29,32)(H,30,33)/t26-/m0/s1. The van der Waals surface area contributed by atoms with Gasteiger partial charge in [-0.3, -0.25) is 9.69 Å². The van der Waals surface area contributed by atoms with E-state index in [1.165, 1.54) is 0 Å². The molecule has 2 amide bonds. The second-order valence-corrected chi connectivity index (χ2v) is 9.47. The first kappa shape index (κ1) is 27.5. The Balaban J connectivity index is 1.43. The van der Waals surface area contributed by atoms with E-state index < -0.39 is 12.1 Å². The van der Waals surface area contributed by atoms with Gasteiger partial charge >= 0.3 is 6.09 Å². The van der Waals surface area contributed by atoms with Gasteiger partial charge in [-0.05, 0) is 49.1 Å². The predicted molar refractivity (Wildman–Crippen MR) is 139 cm³/mol. The van der Waals surface area contributed by atoms with Gasteiger partial charge in [-0.2, -0.15) is 0 Å². The van der Waals surface area contributed by atoms with Crippen LogP contribution in [-0.4, -0.2) is 62.4 Å². The van der Waals surface area contributed by atoms with E-state index in [9.17, 15) is 9.59 Å². The van der Waals surface area contributed by atoms with Crippen LogP contribution < -0.4 is 15.4 Å². The minimum absolute atomic E-state index is 0.100. The van der Waals surface area contributed by atoms with Crippen LogP contribution in [0.15, 0.2) is 54.6 Å². The number of rotatable bonds is 12. The number of likely N-dealkylation sites (N-methyl/N-ethyl adjacent to an activating group) is 1. The molecular formula is C28H39N3O5. The summed E-state index contributed by atoms with van der Waals surface area (Å²) >= 11 is 0. The third kappa shape index (κ3) is 9.17. The van der Waals surface area contributed by atoms with Crippen LogP contribution in [0.2, 0.25) is 0 Å². The summed E-state index contributed by atoms with van der Waals surface area (Å²) in [5, 5.41) is 5.61. The minimum Gasteiger partial charge on any atom is -0.492 e. The molecular weight excluding hydrogens is 458 g/mol. The Morgan fingerprint density at radius 1 is 1.06 bits per heavy atom. The lowest BCUT2D eigenvalue weighted by Crippen LogP contribution is -2.49. The van der Waals surface area contributed by atoms with Crippen LogP contribution in [0.25, 0.3) is 0 Å². The molecule has 2 aromatic rings. The molecule has 1 aliphatic heterocycles. The van der Waals surface area contributed by atoms with Crippen LogP contribution in [0.1, 0.15) is 37.8 Å². The van der Waals surface area contributed by atoms with Gasteiger partial charge in [0.25, 0.3) is 0 Å². The smallest absolute Gasteiger partial charge is 0.408 e. The molecule has 2 N–H and O–H groups in total. The van der Waals surface area contributed by atoms with Gasteiger partial charge in [-0.1, -0.05) is 56.3 Å². The Kier molecular flexibility index (Phi) is 11.0. The Hall–Kier alpha value is -3.10. The molecule has 2 aromatic carbocycles. The monoisotopic (exact) mass is 497 g/mol. The highest BCUT2D eigenvalue weighted by atomic mass is 16.5. The summed E-state index contributed by atoms with van der Waals surface area (Å²) in [4.78, 5) is 27.4. The largest absolute Gasteiger partial charge is 0.492 e. The average molecular weight is 498 g/mol. The van der Waals surface area contributed by atoms with E-state index in [4.69, 9.17) is 14.2 Å². The second kappa shape index (κ2) is 14.5. The zero-order valence-corrected chi connectivity index (χ0v) is 21.6. The summed E-state index contributed by atoms with van der Waals surface area (Å²) in [5.74, 6) is 0.410. The third-order valence-electron chi connectivity index (χ3n) is 6.33. The van der Waals surface area contributed by atoms with Crippen LogP contribution in [0, 0.1) is 5.92 Å². The van der Waals surface area contributed by atoms with Crippen molar-refractivity contribution < 1.29 is 23.8 Å². The first-order chi connectivity index (χ1) is 17.4. The topological polar surface area (TPSA) is 89.1 Å². The Morgan fingerprint density at radius 3 is 2.50 bits per heavy atom. The molecule has 0 aliphatic carbocycles. The fourth-order valence-corrected chi connectivity index (χ4v) is 4.09. The molecule has 196 valence electrons. The number of amides is 2. The zero-order chi connectivity index (χ0) is 25.8. The van der Waals surface area contributed by atoms with Crippen LogP contribution in [0.4, 0.5) is 4.79 Å². The van der Waals surface area contributed by atoms with Crippen molar-refractivity contribution in [2.75, 3.05) is 33.4 Å². The molecule has 1 heterocycles. The van der Waals surface area contributed by atoms with Crippen molar-refractivity contribution in [3.8, 4) is 5.75 Å². The summed E-state index contributed by atoms with van der Waals surface area (Å²) in [5.41, 5.74) is 1.81. The van der Waals surface area contributed by atoms with E-state index in [0.29, 0.717) is 19.2 Å². The fourth-order valence-electron chi connectivity index (χ4n) is 4.09. The maximum atomic E-state index is 12.8. The van der Waals surface area contributed by atoms with Gasteiger partial charge in [0.2, 0.25) is 5.91 Å². The molecule has 0 bridgehead atoms. The number of ether oxygens (including phenoxy) is 3. The summed E-state index contributed by atoms with van der Waals surface area (Å²) in [6.45, 7) is 7.33. The Bertz CT molecular complexity index is 947. The highest BCUT2D eigenvalue weighted by Crippen LogP contribution is 2.15. The molecule has 1 atom stereocenters. The van der Waals surface area contributed by atoms with E-state index in [1.807, 2.05) is 68.4 Å². The van der Waals surface area contributed by atoms with Gasteiger partial charge in [0, 0.05) is 32.3 Å². The highest BCUT2D eigenvalue weighted by Gasteiger charge is 2.24. The van der Waals surface area contributed by atoms with E-state index in [1.54, 1.807) is 0 Å². The molecule has 8 nitrogen and oxygen atoms in total. The van der Waals surface area contributed by atoms with E-state index in [2.05, 4.69) is 22.6 Å². The molecule has 1 fully saturated rings. The highest BCUT2D eigenvalue weighted by molar-refractivity contribution is 5.85. The summed E-state index contributed by atoms with van der Waals surface area (Å²) in [6, 6.07) is 17.0. The lowest BCUT2D eigenvalue weighted by molar-refractivity contribution is -0.124. The number of hydrogen-bond acceptors (Lipinski definition) is 6. The molecule has 0 aromatic heterocycles. The predicted octanol–water partition coefficient (Wildman–Crippen LogP) is 3.74. The van der Waals surface area contributed by atoms with Crippen molar-refractivity contribution in [2.45, 2.75) is 51.9 Å². The molecule has 0 radical (unpaired) electrons. The molecule has 1 saturated heterocycles. The summed E-state index contributed by atoms with van der Waals surface area (Å²) in [6.07, 6.45) is 1.50. The van der Waals surface area contributed by atoms with Crippen LogP contribution in [0.5, 0.6) is 5.75 Å². The van der Waals surface area contributed by atoms with Crippen molar-refractivity contribution >= 4 is 12.0 Å². The third-order valence-corrected chi connectivity index (χ3v) is 6.33. The normalized spacial score (nSPS) is 14.9. The van der Waals surface area contributed by atoms with Gasteiger partial charge in [0.15, 0.2) is 0 Å². The number of carbonyl (C=O) groups is 2. The molecule has 36 heavy (non-hydrogen) atoms. The van der Waals surface area contributed by atoms with Gasteiger partial charge in [0.1, 0.15) is 25.0 Å². The van der Waals surface area contributed by atoms with Crippen molar-refractivity contribution in [3.63, 3.8) is 0 Å². The number of carbonyl (C=O) groups excluding carboxylic acids is 2. The first-order valence-corrected chi connectivity index (χ1v) is 12.7. The maximum Gasteiger partial charge on any atom is 0.408 e. The number of nitrogens with zero attached hydrogens (tertiary/aromatic N) is 1. The number of alkyl carbamates (subject to hydrolysis) is 1. The molecule has 0 spiro atoms. The second-order valence-electron chi connectivity index (χ2n) is 9.47. The SMILES string of the molecule is CC(C)[C@H](NC(=O)OCc1ccccc1)C(=O)NCc1cccc(OCCN(C)C2CCOCC2)c1. The van der Waals surface area contributed by atoms with Crippen LogP contribution >= 0.6 is 0 Å². The molecule has 8 heteroatoms. The lowest BCUT2D eigenvalue weighted by atomic mass is 10.0. The summed E-state index contributed by atoms with van der Waals surface area (Å²) in [7, 11) is 2.13. The molecule has 3 rings (SSSR count). The van der Waals surface area contributed by atoms with Crippen LogP contribution in [0.3, 0.4) is 0 Å². The van der Waals surface area contributed by atoms with E-state index in [0.717, 1.165) is 49.5 Å². The van der Waals surface area contributed by atoms with Gasteiger partial charge in [0.05, 0.1) is 0 Å². The molecule has 0 saturated carbocycles. The fraction of sp³-hybridized carbons (Fsp3) is 0.500. The number of hydrogen-bond donors (Lipinski definition) is 2. The molecule has 0 unspecified atom stereocenters. The number of nitrogens with one attached hydrogen (secondary N) is 2. The van der Waals surface area contributed by atoms with Crippen molar-refractivity contribution in [2.24, 2.45) is 5.92 Å². The first-order valence-electron chi connectivity index (χ1n) is 12.7. The molecule has 1 aliphatic rings. The average Bonchev–Trinajstić information content (AvgIpc) is 2.90. The van der Waals surface area contributed by atoms with Gasteiger partial charge in [-0.25, -0.2) is 4.79 Å². The van der Waals surface area contributed by atoms with Crippen molar-refractivity contribution in [1.29, 1.82) is 0 Å². The lowest BCUT2D eigenvalue weighted by Gasteiger charge is -2.31.